The summed E-state index contributed by atoms with van der Waals surface area (Å²) in [6.45, 7) is 1.74. The molecule has 0 aliphatic carbocycles. The van der Waals surface area contributed by atoms with E-state index < -0.39 is 5.92 Å². The van der Waals surface area contributed by atoms with Crippen LogP contribution in [0.4, 0.5) is 0 Å². The Morgan fingerprint density at radius 2 is 2.12 bits per heavy atom. The van der Waals surface area contributed by atoms with Gasteiger partial charge < -0.3 is 9.47 Å². The molecule has 0 aromatic heterocycles. The summed E-state index contributed by atoms with van der Waals surface area (Å²) in [7, 11) is 3.05. The average Bonchev–Trinajstić information content (AvgIpc) is 2.39. The van der Waals surface area contributed by atoms with Crippen molar-refractivity contribution in [3.63, 3.8) is 0 Å². The topological polar surface area (TPSA) is 59.3 Å². The molecule has 0 saturated carbocycles. The van der Waals surface area contributed by atoms with E-state index in [4.69, 9.17) is 14.7 Å². The molecule has 0 spiro atoms. The molecule has 0 N–H and O–H groups in total. The maximum atomic E-state index is 11.7. The van der Waals surface area contributed by atoms with E-state index in [1.165, 1.54) is 7.11 Å². The van der Waals surface area contributed by atoms with Gasteiger partial charge in [0.25, 0.3) is 0 Å². The first-order valence-electron chi connectivity index (χ1n) is 5.32. The highest BCUT2D eigenvalue weighted by atomic mass is 16.5. The van der Waals surface area contributed by atoms with Crippen LogP contribution in [0, 0.1) is 11.3 Å². The largest absolute Gasteiger partial charge is 0.497 e. The molecule has 1 rings (SSSR count). The van der Waals surface area contributed by atoms with E-state index in [0.29, 0.717) is 23.5 Å². The van der Waals surface area contributed by atoms with Crippen molar-refractivity contribution in [2.45, 2.75) is 19.3 Å². The predicted molar refractivity (Wildman–Crippen MR) is 63.2 cm³/mol. The minimum Gasteiger partial charge on any atom is -0.497 e. The molecular formula is C13H15NO3. The number of ketones is 1. The van der Waals surface area contributed by atoms with Gasteiger partial charge in [-0.3, -0.25) is 4.79 Å². The molecule has 1 atom stereocenters. The fourth-order valence-corrected chi connectivity index (χ4v) is 1.58. The van der Waals surface area contributed by atoms with Gasteiger partial charge in [-0.25, -0.2) is 0 Å². The van der Waals surface area contributed by atoms with E-state index in [1.54, 1.807) is 32.2 Å². The highest BCUT2D eigenvalue weighted by molar-refractivity contribution is 5.88. The monoisotopic (exact) mass is 233 g/mol. The van der Waals surface area contributed by atoms with Gasteiger partial charge in [0.2, 0.25) is 0 Å². The third-order valence-corrected chi connectivity index (χ3v) is 2.55. The maximum Gasteiger partial charge on any atom is 0.154 e. The van der Waals surface area contributed by atoms with Crippen molar-refractivity contribution >= 4 is 5.78 Å². The van der Waals surface area contributed by atoms with E-state index in [-0.39, 0.29) is 5.78 Å². The maximum absolute atomic E-state index is 11.7. The molecule has 0 fully saturated rings. The van der Waals surface area contributed by atoms with Gasteiger partial charge in [-0.15, -0.1) is 0 Å². The summed E-state index contributed by atoms with van der Waals surface area (Å²) in [6.07, 6.45) is 0.327. The summed E-state index contributed by atoms with van der Waals surface area (Å²) in [6, 6.07) is 7.09. The zero-order valence-corrected chi connectivity index (χ0v) is 10.2. The van der Waals surface area contributed by atoms with Gasteiger partial charge in [-0.1, -0.05) is 6.92 Å². The van der Waals surface area contributed by atoms with E-state index in [1.807, 2.05) is 6.07 Å². The van der Waals surface area contributed by atoms with Crippen molar-refractivity contribution < 1.29 is 14.3 Å². The molecule has 1 unspecified atom stereocenters. The van der Waals surface area contributed by atoms with Crippen molar-refractivity contribution in [2.24, 2.45) is 0 Å². The number of Topliss-reactive ketones (excluding diaryl/α,β-unsaturated/α-hetero) is 1. The molecule has 90 valence electrons. The highest BCUT2D eigenvalue weighted by Crippen LogP contribution is 2.31. The van der Waals surface area contributed by atoms with Crippen LogP contribution in [0.25, 0.3) is 0 Å². The van der Waals surface area contributed by atoms with Crippen LogP contribution in [-0.4, -0.2) is 20.0 Å². The number of nitriles is 1. The van der Waals surface area contributed by atoms with Crippen LogP contribution in [0.15, 0.2) is 18.2 Å². The lowest BCUT2D eigenvalue weighted by Crippen LogP contribution is -2.10. The number of nitrogens with zero attached hydrogens (tertiary/aromatic N) is 1. The predicted octanol–water partition coefficient (Wildman–Crippen LogP) is 2.29. The number of rotatable bonds is 5. The number of methoxy groups -OCH3 is 2. The Morgan fingerprint density at radius 3 is 2.59 bits per heavy atom. The number of hydrogen-bond donors (Lipinski definition) is 0. The number of ether oxygens (including phenoxy) is 2. The molecular weight excluding hydrogens is 218 g/mol. The van der Waals surface area contributed by atoms with E-state index >= 15 is 0 Å². The summed E-state index contributed by atoms with van der Waals surface area (Å²) < 4.78 is 10.2. The lowest BCUT2D eigenvalue weighted by atomic mass is 9.94. The second-order valence-electron chi connectivity index (χ2n) is 3.49. The van der Waals surface area contributed by atoms with E-state index in [2.05, 4.69) is 0 Å². The van der Waals surface area contributed by atoms with Crippen molar-refractivity contribution in [1.29, 1.82) is 5.26 Å². The zero-order chi connectivity index (χ0) is 12.8. The fraction of sp³-hybridized carbons (Fsp3) is 0.385. The van der Waals surface area contributed by atoms with Crippen LogP contribution in [-0.2, 0) is 4.79 Å². The Labute approximate surface area is 101 Å². The first-order chi connectivity index (χ1) is 8.17. The molecule has 0 amide bonds. The van der Waals surface area contributed by atoms with E-state index in [0.717, 1.165) is 0 Å². The van der Waals surface area contributed by atoms with Crippen LogP contribution in [0.2, 0.25) is 0 Å². The minimum atomic E-state index is -0.777. The number of carbonyl (C=O) groups excluding carboxylic acids is 1. The lowest BCUT2D eigenvalue weighted by molar-refractivity contribution is -0.119. The number of benzene rings is 1. The second kappa shape index (κ2) is 5.90. The zero-order valence-electron chi connectivity index (χ0n) is 10.2. The second-order valence-corrected chi connectivity index (χ2v) is 3.49. The normalized spacial score (nSPS) is 11.4. The first-order valence-corrected chi connectivity index (χ1v) is 5.32. The van der Waals surface area contributed by atoms with Crippen LogP contribution >= 0.6 is 0 Å². The smallest absolute Gasteiger partial charge is 0.154 e. The quantitative estimate of drug-likeness (QED) is 0.782. The van der Waals surface area contributed by atoms with Crippen molar-refractivity contribution in [3.8, 4) is 17.6 Å². The van der Waals surface area contributed by atoms with Crippen LogP contribution in [0.1, 0.15) is 24.8 Å². The first kappa shape index (κ1) is 13.0. The van der Waals surface area contributed by atoms with Gasteiger partial charge in [0.05, 0.1) is 20.3 Å². The molecule has 0 aliphatic rings. The highest BCUT2D eigenvalue weighted by Gasteiger charge is 2.22. The van der Waals surface area contributed by atoms with Crippen molar-refractivity contribution in [2.75, 3.05) is 14.2 Å². The van der Waals surface area contributed by atoms with Gasteiger partial charge in [0, 0.05) is 18.1 Å². The SMILES string of the molecule is CCC(=O)C(C#N)c1ccc(OC)cc1OC. The molecule has 0 bridgehead atoms. The molecule has 0 heterocycles. The molecule has 0 radical (unpaired) electrons. The van der Waals surface area contributed by atoms with Crippen LogP contribution in [0.3, 0.4) is 0 Å². The van der Waals surface area contributed by atoms with Crippen molar-refractivity contribution in [3.05, 3.63) is 23.8 Å². The Hall–Kier alpha value is -2.02. The third kappa shape index (κ3) is 2.76. The van der Waals surface area contributed by atoms with Gasteiger partial charge in [-0.2, -0.15) is 5.26 Å². The van der Waals surface area contributed by atoms with Gasteiger partial charge >= 0.3 is 0 Å². The molecule has 4 heteroatoms. The molecule has 0 aliphatic heterocycles. The summed E-state index contributed by atoms with van der Waals surface area (Å²) in [5, 5.41) is 9.07. The third-order valence-electron chi connectivity index (χ3n) is 2.55. The minimum absolute atomic E-state index is 0.115. The Bertz CT molecular complexity index is 448. The molecule has 1 aromatic carbocycles. The molecule has 0 saturated heterocycles. The lowest BCUT2D eigenvalue weighted by Gasteiger charge is -2.13. The summed E-state index contributed by atoms with van der Waals surface area (Å²) in [5.74, 6) is 0.237. The Morgan fingerprint density at radius 1 is 1.41 bits per heavy atom. The number of carbonyl (C=O) groups is 1. The van der Waals surface area contributed by atoms with Crippen LogP contribution < -0.4 is 9.47 Å². The van der Waals surface area contributed by atoms with Gasteiger partial charge in [-0.05, 0) is 12.1 Å². The van der Waals surface area contributed by atoms with Gasteiger partial charge in [0.15, 0.2) is 5.78 Å². The summed E-state index contributed by atoms with van der Waals surface area (Å²) in [5.41, 5.74) is 0.586. The Kier molecular flexibility index (Phi) is 4.53. The fourth-order valence-electron chi connectivity index (χ4n) is 1.58. The van der Waals surface area contributed by atoms with Crippen LogP contribution in [0.5, 0.6) is 11.5 Å². The standard InChI is InChI=1S/C13H15NO3/c1-4-12(15)11(8-14)10-6-5-9(16-2)7-13(10)17-3/h5-7,11H,4H2,1-3H3. The van der Waals surface area contributed by atoms with Gasteiger partial charge in [0.1, 0.15) is 17.4 Å². The molecule has 4 nitrogen and oxygen atoms in total. The molecule has 17 heavy (non-hydrogen) atoms. The Balaban J connectivity index is 3.20. The van der Waals surface area contributed by atoms with Crippen molar-refractivity contribution in [1.82, 2.24) is 0 Å². The average molecular weight is 233 g/mol. The molecule has 1 aromatic rings. The van der Waals surface area contributed by atoms with E-state index in [9.17, 15) is 4.79 Å². The number of hydrogen-bond acceptors (Lipinski definition) is 4. The summed E-state index contributed by atoms with van der Waals surface area (Å²) >= 11 is 0. The summed E-state index contributed by atoms with van der Waals surface area (Å²) in [4.78, 5) is 11.7.